The van der Waals surface area contributed by atoms with Crippen LogP contribution in [0.25, 0.3) is 0 Å². The van der Waals surface area contributed by atoms with Gasteiger partial charge in [-0.1, -0.05) is 0 Å². The van der Waals surface area contributed by atoms with Crippen LogP contribution in [0.3, 0.4) is 0 Å². The van der Waals surface area contributed by atoms with E-state index in [1.165, 1.54) is 0 Å². The van der Waals surface area contributed by atoms with Crippen molar-refractivity contribution in [3.8, 4) is 0 Å². The van der Waals surface area contributed by atoms with Crippen LogP contribution in [0.2, 0.25) is 0 Å². The molecule has 0 heterocycles. The van der Waals surface area contributed by atoms with Crippen LogP contribution in [0, 0.1) is 11.8 Å². The number of fused-ring (bicyclic) bond motifs is 1. The highest BCUT2D eigenvalue weighted by molar-refractivity contribution is 5.83. The quantitative estimate of drug-likeness (QED) is 0.543. The minimum absolute atomic E-state index is 0.387. The highest BCUT2D eigenvalue weighted by Gasteiger charge is 2.41. The number of carbonyl (C=O) groups is 1. The van der Waals surface area contributed by atoms with Crippen LogP contribution in [0.15, 0.2) is 11.8 Å². The molecule has 2 aliphatic carbocycles. The van der Waals surface area contributed by atoms with Gasteiger partial charge in [-0.2, -0.15) is 0 Å². The van der Waals surface area contributed by atoms with Crippen LogP contribution in [0.5, 0.6) is 0 Å². The van der Waals surface area contributed by atoms with E-state index in [1.807, 2.05) is 0 Å². The van der Waals surface area contributed by atoms with E-state index in [1.54, 1.807) is 7.11 Å². The predicted molar refractivity (Wildman–Crippen MR) is 36.3 cm³/mol. The Hall–Kier alpha value is -0.790. The van der Waals surface area contributed by atoms with E-state index in [9.17, 15) is 4.79 Å². The third-order valence-corrected chi connectivity index (χ3v) is 2.41. The number of methoxy groups -OCH3 is 1. The molecule has 1 fully saturated rings. The third-order valence-electron chi connectivity index (χ3n) is 2.41. The molecular weight excluding hydrogens is 128 g/mol. The zero-order valence-corrected chi connectivity index (χ0v) is 5.96. The van der Waals surface area contributed by atoms with Crippen molar-refractivity contribution in [2.45, 2.75) is 12.8 Å². The fourth-order valence-electron chi connectivity index (χ4n) is 1.81. The van der Waals surface area contributed by atoms with Crippen molar-refractivity contribution >= 4 is 5.78 Å². The number of carbonyl (C=O) groups excluding carboxylic acids is 1. The van der Waals surface area contributed by atoms with Gasteiger partial charge < -0.3 is 4.74 Å². The van der Waals surface area contributed by atoms with Crippen LogP contribution in [0.4, 0.5) is 0 Å². The fourth-order valence-corrected chi connectivity index (χ4v) is 1.81. The molecule has 2 rings (SSSR count). The molecule has 10 heavy (non-hydrogen) atoms. The first-order valence-electron chi connectivity index (χ1n) is 3.58. The Kier molecular flexibility index (Phi) is 1.10. The van der Waals surface area contributed by atoms with E-state index in [-0.39, 0.29) is 0 Å². The minimum Gasteiger partial charge on any atom is -0.501 e. The summed E-state index contributed by atoms with van der Waals surface area (Å²) < 4.78 is 5.06. The number of allylic oxidation sites excluding steroid dienone is 2. The van der Waals surface area contributed by atoms with Gasteiger partial charge >= 0.3 is 0 Å². The smallest absolute Gasteiger partial charge is 0.134 e. The first kappa shape index (κ1) is 5.96. The molecule has 0 bridgehead atoms. The third kappa shape index (κ3) is 0.618. The van der Waals surface area contributed by atoms with Crippen LogP contribution >= 0.6 is 0 Å². The maximum Gasteiger partial charge on any atom is 0.134 e. The Bertz CT molecular complexity index is 205. The Labute approximate surface area is 59.9 Å². The van der Waals surface area contributed by atoms with Crippen molar-refractivity contribution in [2.24, 2.45) is 11.8 Å². The van der Waals surface area contributed by atoms with Crippen LogP contribution < -0.4 is 0 Å². The number of hydrogen-bond acceptors (Lipinski definition) is 2. The van der Waals surface area contributed by atoms with Crippen molar-refractivity contribution in [3.05, 3.63) is 11.8 Å². The lowest BCUT2D eigenvalue weighted by atomic mass is 9.83. The minimum atomic E-state index is 0.387. The summed E-state index contributed by atoms with van der Waals surface area (Å²) in [6.07, 6.45) is 3.53. The van der Waals surface area contributed by atoms with Crippen molar-refractivity contribution < 1.29 is 9.53 Å². The Balaban J connectivity index is 2.11. The van der Waals surface area contributed by atoms with Crippen molar-refractivity contribution in [3.63, 3.8) is 0 Å². The number of Topliss-reactive ketones (excluding diaryl/α,β-unsaturated/α-hetero) is 1. The molecule has 2 nitrogen and oxygen atoms in total. The summed E-state index contributed by atoms with van der Waals surface area (Å²) in [6, 6.07) is 0. The van der Waals surface area contributed by atoms with Crippen molar-refractivity contribution in [1.82, 2.24) is 0 Å². The Morgan fingerprint density at radius 1 is 1.60 bits per heavy atom. The summed E-state index contributed by atoms with van der Waals surface area (Å²) in [7, 11) is 1.67. The highest BCUT2D eigenvalue weighted by Crippen LogP contribution is 2.44. The Morgan fingerprint density at radius 2 is 2.40 bits per heavy atom. The topological polar surface area (TPSA) is 26.3 Å². The van der Waals surface area contributed by atoms with Gasteiger partial charge in [0, 0.05) is 18.8 Å². The van der Waals surface area contributed by atoms with E-state index in [0.717, 1.165) is 12.2 Å². The molecule has 0 aromatic carbocycles. The Morgan fingerprint density at radius 3 is 3.00 bits per heavy atom. The number of ketones is 1. The average molecular weight is 138 g/mol. The van der Waals surface area contributed by atoms with Crippen molar-refractivity contribution in [1.29, 1.82) is 0 Å². The molecule has 0 amide bonds. The van der Waals surface area contributed by atoms with Gasteiger partial charge in [-0.3, -0.25) is 4.79 Å². The van der Waals surface area contributed by atoms with E-state index in [0.29, 0.717) is 24.0 Å². The first-order valence-corrected chi connectivity index (χ1v) is 3.58. The molecule has 54 valence electrons. The predicted octanol–water partition coefficient (Wildman–Crippen LogP) is 1.13. The summed E-state index contributed by atoms with van der Waals surface area (Å²) in [6.45, 7) is 0. The lowest BCUT2D eigenvalue weighted by Gasteiger charge is -2.27. The van der Waals surface area contributed by atoms with E-state index >= 15 is 0 Å². The van der Waals surface area contributed by atoms with Gasteiger partial charge in [0.1, 0.15) is 5.78 Å². The molecule has 2 aliphatic rings. The SMILES string of the molecule is COC1=CC2CC(=O)CC12. The monoisotopic (exact) mass is 138 g/mol. The van der Waals surface area contributed by atoms with Gasteiger partial charge in [-0.25, -0.2) is 0 Å². The van der Waals surface area contributed by atoms with Crippen LogP contribution in [-0.4, -0.2) is 12.9 Å². The summed E-state index contributed by atoms with van der Waals surface area (Å²) in [4.78, 5) is 10.9. The summed E-state index contributed by atoms with van der Waals surface area (Å²) in [5.74, 6) is 2.37. The van der Waals surface area contributed by atoms with Gasteiger partial charge in [-0.15, -0.1) is 0 Å². The lowest BCUT2D eigenvalue weighted by Crippen LogP contribution is -2.20. The molecule has 1 saturated carbocycles. The second-order valence-electron chi connectivity index (χ2n) is 2.99. The van der Waals surface area contributed by atoms with Gasteiger partial charge in [0.25, 0.3) is 0 Å². The molecule has 0 radical (unpaired) electrons. The van der Waals surface area contributed by atoms with Gasteiger partial charge in [0.15, 0.2) is 0 Å². The molecule has 0 aromatic heterocycles. The van der Waals surface area contributed by atoms with Crippen molar-refractivity contribution in [2.75, 3.05) is 7.11 Å². The van der Waals surface area contributed by atoms with Crippen LogP contribution in [0.1, 0.15) is 12.8 Å². The fraction of sp³-hybridized carbons (Fsp3) is 0.625. The maximum absolute atomic E-state index is 10.9. The summed E-state index contributed by atoms with van der Waals surface area (Å²) in [5, 5.41) is 0. The average Bonchev–Trinajstić information content (AvgIpc) is 2.15. The van der Waals surface area contributed by atoms with Crippen LogP contribution in [-0.2, 0) is 9.53 Å². The lowest BCUT2D eigenvalue weighted by molar-refractivity contribution is -0.117. The molecule has 2 atom stereocenters. The normalized spacial score (nSPS) is 36.5. The summed E-state index contributed by atoms with van der Waals surface area (Å²) in [5.41, 5.74) is 0. The standard InChI is InChI=1S/C8H10O2/c1-10-8-3-5-2-6(9)4-7(5)8/h3,5,7H,2,4H2,1H3. The molecular formula is C8H10O2. The van der Waals surface area contributed by atoms with E-state index in [4.69, 9.17) is 4.74 Å². The molecule has 2 unspecified atom stereocenters. The molecule has 0 saturated heterocycles. The zero-order valence-electron chi connectivity index (χ0n) is 5.96. The molecule has 0 N–H and O–H groups in total. The molecule has 2 heteroatoms. The number of rotatable bonds is 1. The number of hydrogen-bond donors (Lipinski definition) is 0. The maximum atomic E-state index is 10.9. The van der Waals surface area contributed by atoms with E-state index in [2.05, 4.69) is 6.08 Å². The van der Waals surface area contributed by atoms with Gasteiger partial charge in [0.05, 0.1) is 12.9 Å². The first-order chi connectivity index (χ1) is 4.81. The molecule has 0 spiro atoms. The largest absolute Gasteiger partial charge is 0.501 e. The van der Waals surface area contributed by atoms with Gasteiger partial charge in [-0.05, 0) is 12.0 Å². The zero-order chi connectivity index (χ0) is 7.14. The second-order valence-corrected chi connectivity index (χ2v) is 2.99. The van der Waals surface area contributed by atoms with Gasteiger partial charge in [0.2, 0.25) is 0 Å². The molecule has 0 aliphatic heterocycles. The van der Waals surface area contributed by atoms with E-state index < -0.39 is 0 Å². The summed E-state index contributed by atoms with van der Waals surface area (Å²) >= 11 is 0. The molecule has 0 aromatic rings. The highest BCUT2D eigenvalue weighted by atomic mass is 16.5. The second kappa shape index (κ2) is 1.84. The number of ether oxygens (including phenoxy) is 1.